The van der Waals surface area contributed by atoms with Crippen molar-refractivity contribution in [2.45, 2.75) is 19.3 Å². The molecule has 0 unspecified atom stereocenters. The molecular weight excluding hydrogens is 360 g/mol. The number of ether oxygens (including phenoxy) is 1. The number of piperazine rings is 1. The fraction of sp³-hybridized carbons (Fsp3) is 0.600. The Morgan fingerprint density at radius 2 is 1.70 bits per heavy atom. The van der Waals surface area contributed by atoms with E-state index in [0.29, 0.717) is 6.54 Å². The quantitative estimate of drug-likeness (QED) is 0.740. The molecule has 1 N–H and O–H groups in total. The molecule has 27 heavy (non-hydrogen) atoms. The van der Waals surface area contributed by atoms with Crippen LogP contribution in [0.2, 0.25) is 0 Å². The number of hydrogen-bond acceptors (Lipinski definition) is 4. The second-order valence-electron chi connectivity index (χ2n) is 7.18. The minimum Gasteiger partial charge on any atom is -0.497 e. The van der Waals surface area contributed by atoms with Gasteiger partial charge >= 0.3 is 0 Å². The molecule has 1 aromatic rings. The molecule has 0 aliphatic carbocycles. The van der Waals surface area contributed by atoms with Gasteiger partial charge in [-0.2, -0.15) is 0 Å². The minimum absolute atomic E-state index is 0.279. The molecule has 1 aromatic carbocycles. The van der Waals surface area contributed by atoms with E-state index in [-0.39, 0.29) is 5.91 Å². The van der Waals surface area contributed by atoms with E-state index in [4.69, 9.17) is 17.0 Å². The molecule has 2 aliphatic rings. The van der Waals surface area contributed by atoms with Crippen molar-refractivity contribution in [2.24, 2.45) is 0 Å². The highest BCUT2D eigenvalue weighted by atomic mass is 32.1. The minimum atomic E-state index is 0.279. The lowest BCUT2D eigenvalue weighted by atomic mass is 10.1. The van der Waals surface area contributed by atoms with E-state index in [1.54, 1.807) is 7.11 Å². The van der Waals surface area contributed by atoms with Crippen molar-refractivity contribution in [2.75, 3.05) is 59.5 Å². The summed E-state index contributed by atoms with van der Waals surface area (Å²) in [4.78, 5) is 18.7. The van der Waals surface area contributed by atoms with Gasteiger partial charge in [0.15, 0.2) is 5.11 Å². The van der Waals surface area contributed by atoms with Crippen LogP contribution in [0.25, 0.3) is 0 Å². The Labute approximate surface area is 167 Å². The Morgan fingerprint density at radius 3 is 2.33 bits per heavy atom. The summed E-state index contributed by atoms with van der Waals surface area (Å²) in [7, 11) is 1.68. The summed E-state index contributed by atoms with van der Waals surface area (Å²) < 4.78 is 5.18. The zero-order valence-electron chi connectivity index (χ0n) is 16.2. The first-order chi connectivity index (χ1) is 13.2. The molecule has 1 amide bonds. The van der Waals surface area contributed by atoms with Gasteiger partial charge in [-0.1, -0.05) is 12.1 Å². The van der Waals surface area contributed by atoms with Crippen LogP contribution in [-0.4, -0.2) is 85.2 Å². The predicted molar refractivity (Wildman–Crippen MR) is 111 cm³/mol. The summed E-state index contributed by atoms with van der Waals surface area (Å²) in [5, 5.41) is 4.18. The molecule has 3 rings (SSSR count). The van der Waals surface area contributed by atoms with Crippen LogP contribution in [-0.2, 0) is 11.2 Å². The van der Waals surface area contributed by atoms with Gasteiger partial charge in [0.25, 0.3) is 0 Å². The summed E-state index contributed by atoms with van der Waals surface area (Å²) in [6.07, 6.45) is 3.22. The Bertz CT molecular complexity index is 623. The second-order valence-corrected chi connectivity index (χ2v) is 7.57. The summed E-state index contributed by atoms with van der Waals surface area (Å²) >= 11 is 5.54. The third-order valence-electron chi connectivity index (χ3n) is 5.33. The molecule has 148 valence electrons. The molecule has 0 atom stereocenters. The largest absolute Gasteiger partial charge is 0.497 e. The number of thiocarbonyl (C=S) groups is 1. The van der Waals surface area contributed by atoms with Crippen molar-refractivity contribution in [3.63, 3.8) is 0 Å². The van der Waals surface area contributed by atoms with Gasteiger partial charge in [0.05, 0.1) is 13.7 Å². The van der Waals surface area contributed by atoms with Crippen LogP contribution in [0.1, 0.15) is 18.4 Å². The average molecular weight is 391 g/mol. The Kier molecular flexibility index (Phi) is 7.29. The number of benzene rings is 1. The molecule has 2 heterocycles. The van der Waals surface area contributed by atoms with Gasteiger partial charge in [-0.05, 0) is 49.2 Å². The second kappa shape index (κ2) is 9.90. The Balaban J connectivity index is 1.33. The van der Waals surface area contributed by atoms with Crippen molar-refractivity contribution in [1.29, 1.82) is 0 Å². The summed E-state index contributed by atoms with van der Waals surface area (Å²) in [5.41, 5.74) is 1.26. The molecule has 0 saturated carbocycles. The van der Waals surface area contributed by atoms with Crippen LogP contribution in [0, 0.1) is 0 Å². The lowest BCUT2D eigenvalue weighted by molar-refractivity contribution is -0.131. The number of carbonyl (C=O) groups excluding carboxylic acids is 1. The Morgan fingerprint density at radius 1 is 1.04 bits per heavy atom. The van der Waals surface area contributed by atoms with Gasteiger partial charge in [0, 0.05) is 45.8 Å². The molecule has 0 aromatic heterocycles. The van der Waals surface area contributed by atoms with Gasteiger partial charge in [-0.25, -0.2) is 0 Å². The lowest BCUT2D eigenvalue weighted by Gasteiger charge is -2.36. The fourth-order valence-corrected chi connectivity index (χ4v) is 3.87. The van der Waals surface area contributed by atoms with Crippen molar-refractivity contribution >= 4 is 23.2 Å². The summed E-state index contributed by atoms with van der Waals surface area (Å²) in [5.74, 6) is 1.16. The zero-order chi connectivity index (χ0) is 19.1. The fourth-order valence-electron chi connectivity index (χ4n) is 3.58. The van der Waals surface area contributed by atoms with Crippen LogP contribution in [0.3, 0.4) is 0 Å². The summed E-state index contributed by atoms with van der Waals surface area (Å²) in [6, 6.07) is 8.13. The van der Waals surface area contributed by atoms with E-state index >= 15 is 0 Å². The smallest absolute Gasteiger partial charge is 0.236 e. The van der Waals surface area contributed by atoms with Crippen molar-refractivity contribution in [1.82, 2.24) is 20.0 Å². The third-order valence-corrected chi connectivity index (χ3v) is 5.73. The highest BCUT2D eigenvalue weighted by molar-refractivity contribution is 7.80. The van der Waals surface area contributed by atoms with Crippen LogP contribution in [0.15, 0.2) is 24.3 Å². The van der Waals surface area contributed by atoms with E-state index in [2.05, 4.69) is 27.2 Å². The first-order valence-corrected chi connectivity index (χ1v) is 10.2. The monoisotopic (exact) mass is 390 g/mol. The van der Waals surface area contributed by atoms with Crippen molar-refractivity contribution in [3.05, 3.63) is 29.8 Å². The standard InChI is InChI=1S/C20H30N4O2S/c1-26-18-6-4-17(5-7-18)8-9-21-20(27)24-14-12-22(13-15-24)16-19(25)23-10-2-3-11-23/h4-7H,2-3,8-16H2,1H3,(H,21,27). The number of hydrogen-bond donors (Lipinski definition) is 1. The van der Waals surface area contributed by atoms with Crippen LogP contribution in [0.4, 0.5) is 0 Å². The highest BCUT2D eigenvalue weighted by Crippen LogP contribution is 2.12. The number of nitrogens with zero attached hydrogens (tertiary/aromatic N) is 3. The topological polar surface area (TPSA) is 48.1 Å². The third kappa shape index (κ3) is 5.81. The van der Waals surface area contributed by atoms with Crippen LogP contribution >= 0.6 is 12.2 Å². The molecule has 0 bridgehead atoms. The maximum absolute atomic E-state index is 12.3. The molecule has 2 aliphatic heterocycles. The molecule has 2 saturated heterocycles. The molecule has 0 radical (unpaired) electrons. The number of rotatable bonds is 6. The number of carbonyl (C=O) groups is 1. The van der Waals surface area contributed by atoms with E-state index in [1.807, 2.05) is 17.0 Å². The predicted octanol–water partition coefficient (Wildman–Crippen LogP) is 1.35. The summed E-state index contributed by atoms with van der Waals surface area (Å²) in [6.45, 7) is 6.76. The Hall–Kier alpha value is -1.86. The van der Waals surface area contributed by atoms with Gasteiger partial charge in [0.2, 0.25) is 5.91 Å². The normalized spacial score (nSPS) is 17.8. The van der Waals surface area contributed by atoms with E-state index in [0.717, 1.165) is 75.9 Å². The van der Waals surface area contributed by atoms with Crippen molar-refractivity contribution in [3.8, 4) is 5.75 Å². The number of likely N-dealkylation sites (tertiary alicyclic amines) is 1. The van der Waals surface area contributed by atoms with Crippen molar-refractivity contribution < 1.29 is 9.53 Å². The first kappa shape index (κ1) is 19.9. The molecular formula is C20H30N4O2S. The first-order valence-electron chi connectivity index (χ1n) is 9.81. The van der Waals surface area contributed by atoms with E-state index in [9.17, 15) is 4.79 Å². The van der Waals surface area contributed by atoms with Gasteiger partial charge < -0.3 is 19.9 Å². The molecule has 0 spiro atoms. The van der Waals surface area contributed by atoms with E-state index in [1.165, 1.54) is 5.56 Å². The molecule has 2 fully saturated rings. The van der Waals surface area contributed by atoms with Gasteiger partial charge in [-0.3, -0.25) is 9.69 Å². The van der Waals surface area contributed by atoms with E-state index < -0.39 is 0 Å². The van der Waals surface area contributed by atoms with Gasteiger partial charge in [0.1, 0.15) is 5.75 Å². The maximum Gasteiger partial charge on any atom is 0.236 e. The number of methoxy groups -OCH3 is 1. The SMILES string of the molecule is COc1ccc(CCNC(=S)N2CCN(CC(=O)N3CCCC3)CC2)cc1. The van der Waals surface area contributed by atoms with Gasteiger partial charge in [-0.15, -0.1) is 0 Å². The zero-order valence-corrected chi connectivity index (χ0v) is 17.0. The number of amides is 1. The average Bonchev–Trinajstić information content (AvgIpc) is 3.24. The lowest BCUT2D eigenvalue weighted by Crippen LogP contribution is -2.53. The molecule has 7 heteroatoms. The van der Waals surface area contributed by atoms with Crippen LogP contribution < -0.4 is 10.1 Å². The van der Waals surface area contributed by atoms with Crippen LogP contribution in [0.5, 0.6) is 5.75 Å². The number of nitrogens with one attached hydrogen (secondary N) is 1. The highest BCUT2D eigenvalue weighted by Gasteiger charge is 2.24. The maximum atomic E-state index is 12.3. The molecule has 6 nitrogen and oxygen atoms in total.